The standard InChI is InChI=1S/C20H26N2O2/c1-13(2)21-15-7-8-20-9-10-22(3)12-14-5-6-16(23-4)19(18(14)20)24-17(20)11-15/h5-8,13,17H,9-12H2,1-4H3. The summed E-state index contributed by atoms with van der Waals surface area (Å²) in [4.78, 5) is 7.16. The average Bonchev–Trinajstić information content (AvgIpc) is 2.80. The van der Waals surface area contributed by atoms with Crippen molar-refractivity contribution in [1.82, 2.24) is 4.90 Å². The number of rotatable bonds is 2. The summed E-state index contributed by atoms with van der Waals surface area (Å²) in [6.07, 6.45) is 6.65. The Bertz CT molecular complexity index is 723. The molecule has 1 aromatic carbocycles. The fraction of sp³-hybridized carbons (Fsp3) is 0.550. The van der Waals surface area contributed by atoms with Gasteiger partial charge in [0.1, 0.15) is 6.10 Å². The van der Waals surface area contributed by atoms with Gasteiger partial charge in [0.2, 0.25) is 0 Å². The first kappa shape index (κ1) is 15.7. The smallest absolute Gasteiger partial charge is 0.166 e. The Morgan fingerprint density at radius 1 is 1.38 bits per heavy atom. The van der Waals surface area contributed by atoms with Crippen molar-refractivity contribution in [2.24, 2.45) is 4.99 Å². The Hall–Kier alpha value is -1.81. The molecule has 4 nitrogen and oxygen atoms in total. The van der Waals surface area contributed by atoms with Gasteiger partial charge in [-0.15, -0.1) is 0 Å². The van der Waals surface area contributed by atoms with Crippen LogP contribution in [0.1, 0.15) is 37.8 Å². The van der Waals surface area contributed by atoms with E-state index in [1.807, 2.05) is 6.07 Å². The van der Waals surface area contributed by atoms with Gasteiger partial charge in [0, 0.05) is 30.3 Å². The molecule has 2 atom stereocenters. The maximum Gasteiger partial charge on any atom is 0.166 e. The third-order valence-corrected chi connectivity index (χ3v) is 5.47. The normalized spacial score (nSPS) is 30.0. The molecule has 2 aliphatic heterocycles. The summed E-state index contributed by atoms with van der Waals surface area (Å²) < 4.78 is 12.1. The van der Waals surface area contributed by atoms with Crippen LogP contribution in [0.2, 0.25) is 0 Å². The zero-order valence-corrected chi connectivity index (χ0v) is 15.0. The van der Waals surface area contributed by atoms with Crippen LogP contribution in [0.25, 0.3) is 0 Å². The largest absolute Gasteiger partial charge is 0.493 e. The Kier molecular flexibility index (Phi) is 3.68. The first-order valence-corrected chi connectivity index (χ1v) is 8.85. The van der Waals surface area contributed by atoms with Crippen molar-refractivity contribution in [3.8, 4) is 11.5 Å². The van der Waals surface area contributed by atoms with E-state index < -0.39 is 0 Å². The second-order valence-electron chi connectivity index (χ2n) is 7.52. The van der Waals surface area contributed by atoms with Crippen molar-refractivity contribution in [2.75, 3.05) is 20.7 Å². The van der Waals surface area contributed by atoms with Crippen molar-refractivity contribution in [1.29, 1.82) is 0 Å². The SMILES string of the molecule is COc1ccc2c3c1OC1CC(=NC(C)C)C=CC31CCN(C)C2. The lowest BCUT2D eigenvalue weighted by atomic mass is 9.69. The van der Waals surface area contributed by atoms with Gasteiger partial charge in [-0.05, 0) is 51.6 Å². The number of allylic oxidation sites excluding steroid dienone is 1. The molecule has 4 heteroatoms. The third kappa shape index (κ3) is 2.27. The summed E-state index contributed by atoms with van der Waals surface area (Å²) in [6.45, 7) is 6.27. The van der Waals surface area contributed by atoms with Crippen LogP contribution in [-0.4, -0.2) is 43.5 Å². The highest BCUT2D eigenvalue weighted by molar-refractivity contribution is 5.97. The maximum absolute atomic E-state index is 6.47. The molecular weight excluding hydrogens is 300 g/mol. The van der Waals surface area contributed by atoms with Gasteiger partial charge < -0.3 is 14.4 Å². The van der Waals surface area contributed by atoms with E-state index in [-0.39, 0.29) is 11.5 Å². The highest BCUT2D eigenvalue weighted by atomic mass is 16.5. The van der Waals surface area contributed by atoms with E-state index in [0.717, 1.165) is 43.1 Å². The molecule has 24 heavy (non-hydrogen) atoms. The van der Waals surface area contributed by atoms with Gasteiger partial charge in [0.25, 0.3) is 0 Å². The van der Waals surface area contributed by atoms with Crippen LogP contribution < -0.4 is 9.47 Å². The minimum Gasteiger partial charge on any atom is -0.493 e. The van der Waals surface area contributed by atoms with Crippen LogP contribution >= 0.6 is 0 Å². The summed E-state index contributed by atoms with van der Waals surface area (Å²) in [6, 6.07) is 4.57. The van der Waals surface area contributed by atoms with Gasteiger partial charge in [-0.25, -0.2) is 0 Å². The van der Waals surface area contributed by atoms with E-state index in [2.05, 4.69) is 44.0 Å². The Morgan fingerprint density at radius 3 is 2.96 bits per heavy atom. The first-order chi connectivity index (χ1) is 11.5. The van der Waals surface area contributed by atoms with Crippen LogP contribution in [0.15, 0.2) is 29.3 Å². The van der Waals surface area contributed by atoms with E-state index >= 15 is 0 Å². The first-order valence-electron chi connectivity index (χ1n) is 8.85. The molecule has 0 fully saturated rings. The average molecular weight is 326 g/mol. The molecule has 4 rings (SSSR count). The molecule has 0 radical (unpaired) electrons. The molecule has 0 bridgehead atoms. The van der Waals surface area contributed by atoms with E-state index in [1.165, 1.54) is 11.1 Å². The zero-order chi connectivity index (χ0) is 16.9. The predicted octanol–water partition coefficient (Wildman–Crippen LogP) is 3.34. The number of nitrogens with zero attached hydrogens (tertiary/aromatic N) is 2. The Balaban J connectivity index is 1.87. The van der Waals surface area contributed by atoms with E-state index in [0.29, 0.717) is 6.04 Å². The molecule has 0 N–H and O–H groups in total. The van der Waals surface area contributed by atoms with Crippen LogP contribution in [0.3, 0.4) is 0 Å². The molecule has 3 aliphatic rings. The summed E-state index contributed by atoms with van der Waals surface area (Å²) in [5, 5.41) is 0. The molecule has 0 aromatic heterocycles. The topological polar surface area (TPSA) is 34.1 Å². The fourth-order valence-corrected chi connectivity index (χ4v) is 4.39. The lowest BCUT2D eigenvalue weighted by Gasteiger charge is -2.34. The molecule has 2 heterocycles. The Morgan fingerprint density at radius 2 is 2.21 bits per heavy atom. The highest BCUT2D eigenvalue weighted by Gasteiger charge is 2.52. The number of aliphatic imine (C=N–C) groups is 1. The van der Waals surface area contributed by atoms with Crippen molar-refractivity contribution in [3.63, 3.8) is 0 Å². The predicted molar refractivity (Wildman–Crippen MR) is 96.4 cm³/mol. The number of methoxy groups -OCH3 is 1. The van der Waals surface area contributed by atoms with Crippen LogP contribution in [0, 0.1) is 0 Å². The van der Waals surface area contributed by atoms with Crippen molar-refractivity contribution >= 4 is 5.71 Å². The van der Waals surface area contributed by atoms with Gasteiger partial charge in [0.15, 0.2) is 11.5 Å². The van der Waals surface area contributed by atoms with Gasteiger partial charge >= 0.3 is 0 Å². The van der Waals surface area contributed by atoms with Gasteiger partial charge in [-0.2, -0.15) is 0 Å². The van der Waals surface area contributed by atoms with Gasteiger partial charge in [-0.3, -0.25) is 4.99 Å². The number of hydrogen-bond donors (Lipinski definition) is 0. The molecule has 1 spiro atoms. The Labute approximate surface area is 144 Å². The van der Waals surface area contributed by atoms with Crippen molar-refractivity contribution in [2.45, 2.75) is 50.8 Å². The minimum absolute atomic E-state index is 0.0417. The van der Waals surface area contributed by atoms with Gasteiger partial charge in [0.05, 0.1) is 12.5 Å². The van der Waals surface area contributed by atoms with Crippen molar-refractivity contribution < 1.29 is 9.47 Å². The molecule has 0 amide bonds. The molecule has 128 valence electrons. The summed E-state index contributed by atoms with van der Waals surface area (Å²) in [5.74, 6) is 1.80. The van der Waals surface area contributed by atoms with Crippen LogP contribution in [-0.2, 0) is 12.0 Å². The lowest BCUT2D eigenvalue weighted by Crippen LogP contribution is -2.42. The monoisotopic (exact) mass is 326 g/mol. The number of benzene rings is 1. The van der Waals surface area contributed by atoms with Crippen LogP contribution in [0.5, 0.6) is 11.5 Å². The maximum atomic E-state index is 6.47. The van der Waals surface area contributed by atoms with Crippen LogP contribution in [0.4, 0.5) is 0 Å². The number of hydrogen-bond acceptors (Lipinski definition) is 4. The fourth-order valence-electron chi connectivity index (χ4n) is 4.39. The molecular formula is C20H26N2O2. The summed E-state index contributed by atoms with van der Waals surface area (Å²) in [5.41, 5.74) is 3.81. The summed E-state index contributed by atoms with van der Waals surface area (Å²) in [7, 11) is 3.92. The molecule has 1 aromatic rings. The summed E-state index contributed by atoms with van der Waals surface area (Å²) >= 11 is 0. The van der Waals surface area contributed by atoms with E-state index in [4.69, 9.17) is 14.5 Å². The molecule has 0 saturated heterocycles. The minimum atomic E-state index is -0.0417. The molecule has 1 aliphatic carbocycles. The zero-order valence-electron chi connectivity index (χ0n) is 15.0. The highest BCUT2D eigenvalue weighted by Crippen LogP contribution is 2.55. The quantitative estimate of drug-likeness (QED) is 0.836. The molecule has 2 unspecified atom stereocenters. The third-order valence-electron chi connectivity index (χ3n) is 5.47. The van der Waals surface area contributed by atoms with Gasteiger partial charge in [-0.1, -0.05) is 12.1 Å². The molecule has 0 saturated carbocycles. The second-order valence-corrected chi connectivity index (χ2v) is 7.52. The van der Waals surface area contributed by atoms with E-state index in [1.54, 1.807) is 7.11 Å². The second kappa shape index (κ2) is 5.62. The lowest BCUT2D eigenvalue weighted by molar-refractivity contribution is 0.158. The van der Waals surface area contributed by atoms with Crippen molar-refractivity contribution in [3.05, 3.63) is 35.4 Å². The number of ether oxygens (including phenoxy) is 2. The van der Waals surface area contributed by atoms with E-state index in [9.17, 15) is 0 Å².